The van der Waals surface area contributed by atoms with Crippen LogP contribution in [0, 0.1) is 0 Å². The Morgan fingerprint density at radius 3 is 2.52 bits per heavy atom. The van der Waals surface area contributed by atoms with Crippen LogP contribution in [0.5, 0.6) is 5.75 Å². The molecule has 0 fully saturated rings. The highest BCUT2D eigenvalue weighted by molar-refractivity contribution is 6.21. The van der Waals surface area contributed by atoms with E-state index in [0.717, 1.165) is 15.9 Å². The molecule has 0 unspecified atom stereocenters. The van der Waals surface area contributed by atoms with Crippen molar-refractivity contribution in [1.82, 2.24) is 14.9 Å². The van der Waals surface area contributed by atoms with Gasteiger partial charge in [-0.2, -0.15) is 0 Å². The maximum atomic E-state index is 12.2. The van der Waals surface area contributed by atoms with Crippen LogP contribution < -0.4 is 4.74 Å². The Labute approximate surface area is 142 Å². The molecule has 0 atom stereocenters. The molecule has 1 aliphatic heterocycles. The van der Waals surface area contributed by atoms with Crippen LogP contribution >= 0.6 is 0 Å². The molecule has 1 aliphatic rings. The molecule has 2 heterocycles. The lowest BCUT2D eigenvalue weighted by Gasteiger charge is -2.13. The summed E-state index contributed by atoms with van der Waals surface area (Å²) < 4.78 is 5.26. The monoisotopic (exact) mass is 335 g/mol. The summed E-state index contributed by atoms with van der Waals surface area (Å²) in [6.07, 6.45) is 1.48. The molecule has 0 bridgehead atoms. The molecule has 1 aromatic heterocycles. The fraction of sp³-hybridized carbons (Fsp3) is 0.111. The number of carbonyl (C=O) groups is 3. The summed E-state index contributed by atoms with van der Waals surface area (Å²) in [5, 5.41) is 0. The minimum absolute atomic E-state index is 0.0164. The third kappa shape index (κ3) is 2.65. The lowest BCUT2D eigenvalue weighted by atomic mass is 10.1. The minimum Gasteiger partial charge on any atom is -0.426 e. The molecule has 0 aliphatic carbocycles. The molecule has 124 valence electrons. The zero-order chi connectivity index (χ0) is 17.4. The van der Waals surface area contributed by atoms with Gasteiger partial charge in [0.2, 0.25) is 0 Å². The van der Waals surface area contributed by atoms with Crippen molar-refractivity contribution >= 4 is 28.8 Å². The summed E-state index contributed by atoms with van der Waals surface area (Å²) in [4.78, 5) is 44.6. The van der Waals surface area contributed by atoms with Crippen LogP contribution in [0.2, 0.25) is 0 Å². The average Bonchev–Trinajstić information content (AvgIpc) is 3.17. The Kier molecular flexibility index (Phi) is 3.53. The molecule has 2 amide bonds. The predicted octanol–water partition coefficient (Wildman–Crippen LogP) is 2.15. The number of fused-ring (bicyclic) bond motifs is 2. The van der Waals surface area contributed by atoms with E-state index in [1.54, 1.807) is 48.8 Å². The van der Waals surface area contributed by atoms with Crippen LogP contribution in [-0.2, 0) is 4.79 Å². The predicted molar refractivity (Wildman–Crippen MR) is 88.2 cm³/mol. The van der Waals surface area contributed by atoms with Crippen LogP contribution in [0.1, 0.15) is 27.1 Å². The summed E-state index contributed by atoms with van der Waals surface area (Å²) in [6, 6.07) is 11.7. The first kappa shape index (κ1) is 15.1. The van der Waals surface area contributed by atoms with Gasteiger partial charge in [-0.25, -0.2) is 4.98 Å². The first-order valence-electron chi connectivity index (χ1n) is 7.72. The van der Waals surface area contributed by atoms with Crippen LogP contribution in [0.25, 0.3) is 11.0 Å². The SMILES string of the molecule is O=C(CCN1C(=O)c2ccccc2C1=O)Oc1ccc2nc[nH]c2c1. The molecule has 0 saturated carbocycles. The standard InChI is InChI=1S/C18H13N3O4/c22-16(25-11-5-6-14-15(9-11)20-10-19-14)7-8-21-17(23)12-3-1-2-4-13(12)18(21)24/h1-6,9-10H,7-8H2,(H,19,20). The molecule has 7 heteroatoms. The van der Waals surface area contributed by atoms with Crippen LogP contribution in [0.15, 0.2) is 48.8 Å². The van der Waals surface area contributed by atoms with Gasteiger partial charge < -0.3 is 9.72 Å². The molecule has 7 nitrogen and oxygen atoms in total. The number of H-pyrrole nitrogens is 1. The topological polar surface area (TPSA) is 92.4 Å². The van der Waals surface area contributed by atoms with E-state index in [-0.39, 0.29) is 24.8 Å². The Morgan fingerprint density at radius 1 is 1.08 bits per heavy atom. The van der Waals surface area contributed by atoms with E-state index in [2.05, 4.69) is 9.97 Å². The van der Waals surface area contributed by atoms with Gasteiger partial charge >= 0.3 is 5.97 Å². The number of hydrogen-bond donors (Lipinski definition) is 1. The number of carbonyl (C=O) groups excluding carboxylic acids is 3. The third-order valence-electron chi connectivity index (χ3n) is 4.04. The number of imide groups is 1. The molecular weight excluding hydrogens is 322 g/mol. The summed E-state index contributed by atoms with van der Waals surface area (Å²) in [5.74, 6) is -0.904. The molecule has 3 aromatic rings. The van der Waals surface area contributed by atoms with Gasteiger partial charge in [0.05, 0.1) is 34.9 Å². The molecular formula is C18H13N3O4. The number of esters is 1. The van der Waals surface area contributed by atoms with Crippen LogP contribution in [-0.4, -0.2) is 39.2 Å². The van der Waals surface area contributed by atoms with Crippen molar-refractivity contribution in [3.63, 3.8) is 0 Å². The number of nitrogens with one attached hydrogen (secondary N) is 1. The number of hydrogen-bond acceptors (Lipinski definition) is 5. The summed E-state index contributed by atoms with van der Waals surface area (Å²) in [5.41, 5.74) is 2.26. The Morgan fingerprint density at radius 2 is 1.80 bits per heavy atom. The van der Waals surface area contributed by atoms with Crippen molar-refractivity contribution in [2.24, 2.45) is 0 Å². The van der Waals surface area contributed by atoms with Crippen molar-refractivity contribution < 1.29 is 19.1 Å². The number of nitrogens with zero attached hydrogens (tertiary/aromatic N) is 2. The lowest BCUT2D eigenvalue weighted by Crippen LogP contribution is -2.32. The first-order valence-corrected chi connectivity index (χ1v) is 7.72. The number of imidazole rings is 1. The molecule has 0 spiro atoms. The minimum atomic E-state index is -0.518. The highest BCUT2D eigenvalue weighted by Crippen LogP contribution is 2.23. The lowest BCUT2D eigenvalue weighted by molar-refractivity contribution is -0.134. The second-order valence-electron chi connectivity index (χ2n) is 5.61. The van der Waals surface area contributed by atoms with E-state index in [1.165, 1.54) is 0 Å². The number of amides is 2. The first-order chi connectivity index (χ1) is 12.1. The highest BCUT2D eigenvalue weighted by atomic mass is 16.5. The van der Waals surface area contributed by atoms with Gasteiger partial charge in [0.25, 0.3) is 11.8 Å². The maximum Gasteiger partial charge on any atom is 0.313 e. The zero-order valence-electron chi connectivity index (χ0n) is 13.1. The van der Waals surface area contributed by atoms with Gasteiger partial charge in [-0.05, 0) is 24.3 Å². The van der Waals surface area contributed by atoms with Gasteiger partial charge in [0, 0.05) is 12.6 Å². The van der Waals surface area contributed by atoms with Crippen LogP contribution in [0.4, 0.5) is 0 Å². The normalized spacial score (nSPS) is 13.4. The van der Waals surface area contributed by atoms with E-state index >= 15 is 0 Å². The molecule has 4 rings (SSSR count). The molecule has 2 aromatic carbocycles. The van der Waals surface area contributed by atoms with E-state index in [4.69, 9.17) is 4.74 Å². The summed E-state index contributed by atoms with van der Waals surface area (Å²) >= 11 is 0. The van der Waals surface area contributed by atoms with Gasteiger partial charge in [0.15, 0.2) is 0 Å². The Balaban J connectivity index is 1.41. The fourth-order valence-corrected chi connectivity index (χ4v) is 2.81. The summed E-state index contributed by atoms with van der Waals surface area (Å²) in [6.45, 7) is -0.0164. The molecule has 25 heavy (non-hydrogen) atoms. The quantitative estimate of drug-likeness (QED) is 0.448. The number of ether oxygens (including phenoxy) is 1. The van der Waals surface area contributed by atoms with E-state index in [9.17, 15) is 14.4 Å². The summed E-state index contributed by atoms with van der Waals surface area (Å²) in [7, 11) is 0. The van der Waals surface area contributed by atoms with Crippen molar-refractivity contribution in [3.8, 4) is 5.75 Å². The number of benzene rings is 2. The van der Waals surface area contributed by atoms with E-state index < -0.39 is 5.97 Å². The number of aromatic nitrogens is 2. The molecule has 0 radical (unpaired) electrons. The fourth-order valence-electron chi connectivity index (χ4n) is 2.81. The smallest absolute Gasteiger partial charge is 0.313 e. The van der Waals surface area contributed by atoms with Crippen molar-refractivity contribution in [3.05, 3.63) is 59.9 Å². The van der Waals surface area contributed by atoms with Crippen molar-refractivity contribution in [2.45, 2.75) is 6.42 Å². The van der Waals surface area contributed by atoms with Gasteiger partial charge in [0.1, 0.15) is 5.75 Å². The average molecular weight is 335 g/mol. The second-order valence-corrected chi connectivity index (χ2v) is 5.61. The Hall–Kier alpha value is -3.48. The second kappa shape index (κ2) is 5.86. The maximum absolute atomic E-state index is 12.2. The van der Waals surface area contributed by atoms with Gasteiger partial charge in [-0.3, -0.25) is 19.3 Å². The number of rotatable bonds is 4. The van der Waals surface area contributed by atoms with E-state index in [1.807, 2.05) is 0 Å². The van der Waals surface area contributed by atoms with E-state index in [0.29, 0.717) is 16.9 Å². The van der Waals surface area contributed by atoms with Crippen LogP contribution in [0.3, 0.4) is 0 Å². The van der Waals surface area contributed by atoms with Crippen molar-refractivity contribution in [1.29, 1.82) is 0 Å². The van der Waals surface area contributed by atoms with Gasteiger partial charge in [-0.15, -0.1) is 0 Å². The highest BCUT2D eigenvalue weighted by Gasteiger charge is 2.35. The largest absolute Gasteiger partial charge is 0.426 e. The van der Waals surface area contributed by atoms with Gasteiger partial charge in [-0.1, -0.05) is 12.1 Å². The zero-order valence-corrected chi connectivity index (χ0v) is 13.1. The molecule has 0 saturated heterocycles. The number of aromatic amines is 1. The Bertz CT molecular complexity index is 973. The van der Waals surface area contributed by atoms with Crippen molar-refractivity contribution in [2.75, 3.05) is 6.54 Å². The third-order valence-corrected chi connectivity index (χ3v) is 4.04. The molecule has 1 N–H and O–H groups in total.